The van der Waals surface area contributed by atoms with Crippen LogP contribution in [0.15, 0.2) is 47.5 Å². The van der Waals surface area contributed by atoms with Gasteiger partial charge in [-0.3, -0.25) is 14.5 Å². The van der Waals surface area contributed by atoms with Crippen LogP contribution in [0.3, 0.4) is 0 Å². The van der Waals surface area contributed by atoms with Gasteiger partial charge in [-0.15, -0.1) is 0 Å². The molecule has 0 fully saturated rings. The predicted octanol–water partition coefficient (Wildman–Crippen LogP) is 4.35. The minimum Gasteiger partial charge on any atom is -0.492 e. The van der Waals surface area contributed by atoms with E-state index in [2.05, 4.69) is 0 Å². The van der Waals surface area contributed by atoms with Gasteiger partial charge < -0.3 is 4.74 Å². The van der Waals surface area contributed by atoms with Crippen molar-refractivity contribution in [2.24, 2.45) is 0 Å². The number of rotatable bonds is 5. The first-order chi connectivity index (χ1) is 12.4. The maximum atomic E-state index is 12.6. The largest absolute Gasteiger partial charge is 0.492 e. The number of hydrogen-bond acceptors (Lipinski definition) is 3. The number of benzene rings is 2. The third-order valence-corrected chi connectivity index (χ3v) is 4.63. The minimum absolute atomic E-state index is 0.0799. The molecule has 26 heavy (non-hydrogen) atoms. The van der Waals surface area contributed by atoms with Crippen LogP contribution in [0.2, 0.25) is 5.02 Å². The molecule has 0 aromatic heterocycles. The number of aryl methyl sites for hydroxylation is 2. The van der Waals surface area contributed by atoms with Gasteiger partial charge >= 0.3 is 0 Å². The van der Waals surface area contributed by atoms with E-state index in [4.69, 9.17) is 27.9 Å². The standard InChI is InChI=1S/C20H17Cl2NO3/c1-12-9-13(2)11-16(10-12)26-8-7-23-19(24)17(18(22)20(23)25)14-3-5-15(21)6-4-14/h3-6,9-11H,7-8H2,1-2H3. The topological polar surface area (TPSA) is 46.6 Å². The van der Waals surface area contributed by atoms with Crippen molar-refractivity contribution >= 4 is 40.6 Å². The second-order valence-corrected chi connectivity index (χ2v) is 6.94. The second-order valence-electron chi connectivity index (χ2n) is 6.13. The summed E-state index contributed by atoms with van der Waals surface area (Å²) in [6.45, 7) is 4.28. The van der Waals surface area contributed by atoms with Gasteiger partial charge in [0.2, 0.25) is 0 Å². The van der Waals surface area contributed by atoms with Crippen molar-refractivity contribution in [3.63, 3.8) is 0 Å². The molecule has 0 saturated carbocycles. The van der Waals surface area contributed by atoms with Crippen molar-refractivity contribution in [3.8, 4) is 5.75 Å². The molecule has 0 spiro atoms. The lowest BCUT2D eigenvalue weighted by Gasteiger charge is -2.16. The lowest BCUT2D eigenvalue weighted by Crippen LogP contribution is -2.35. The average Bonchev–Trinajstić information content (AvgIpc) is 2.78. The van der Waals surface area contributed by atoms with Gasteiger partial charge in [0.05, 0.1) is 12.1 Å². The van der Waals surface area contributed by atoms with Crippen molar-refractivity contribution < 1.29 is 14.3 Å². The van der Waals surface area contributed by atoms with Crippen LogP contribution in [0, 0.1) is 13.8 Å². The molecule has 134 valence electrons. The molecule has 0 aliphatic carbocycles. The summed E-state index contributed by atoms with van der Waals surface area (Å²) in [6, 6.07) is 12.5. The van der Waals surface area contributed by atoms with Crippen molar-refractivity contribution in [2.45, 2.75) is 13.8 Å². The number of amides is 2. The van der Waals surface area contributed by atoms with E-state index in [1.54, 1.807) is 24.3 Å². The fourth-order valence-corrected chi connectivity index (χ4v) is 3.31. The molecule has 0 radical (unpaired) electrons. The minimum atomic E-state index is -0.509. The lowest BCUT2D eigenvalue weighted by molar-refractivity contribution is -0.137. The third kappa shape index (κ3) is 3.76. The first kappa shape index (κ1) is 18.5. The molecule has 0 unspecified atom stereocenters. The Bertz CT molecular complexity index is 884. The maximum Gasteiger partial charge on any atom is 0.273 e. The van der Waals surface area contributed by atoms with Crippen LogP contribution in [0.25, 0.3) is 5.57 Å². The fourth-order valence-electron chi connectivity index (χ4n) is 2.89. The molecule has 2 amide bonds. The second kappa shape index (κ2) is 7.52. The van der Waals surface area contributed by atoms with Crippen molar-refractivity contribution in [1.29, 1.82) is 0 Å². The third-order valence-electron chi connectivity index (χ3n) is 4.02. The molecule has 0 saturated heterocycles. The van der Waals surface area contributed by atoms with Gasteiger partial charge in [-0.05, 0) is 54.8 Å². The highest BCUT2D eigenvalue weighted by Gasteiger charge is 2.37. The van der Waals surface area contributed by atoms with Crippen molar-refractivity contribution in [2.75, 3.05) is 13.2 Å². The van der Waals surface area contributed by atoms with Crippen LogP contribution < -0.4 is 4.74 Å². The number of imide groups is 1. The summed E-state index contributed by atoms with van der Waals surface area (Å²) in [5, 5.41) is 0.463. The maximum absolute atomic E-state index is 12.6. The monoisotopic (exact) mass is 389 g/mol. The summed E-state index contributed by atoms with van der Waals surface area (Å²) in [6.07, 6.45) is 0. The van der Waals surface area contributed by atoms with Crippen LogP contribution in [-0.2, 0) is 9.59 Å². The molecule has 2 aromatic rings. The molecule has 0 atom stereocenters. The molecule has 0 bridgehead atoms. The van der Waals surface area contributed by atoms with Crippen LogP contribution >= 0.6 is 23.2 Å². The Hall–Kier alpha value is -2.30. The molecule has 4 nitrogen and oxygen atoms in total. The van der Waals surface area contributed by atoms with E-state index in [9.17, 15) is 9.59 Å². The van der Waals surface area contributed by atoms with Crippen LogP contribution in [0.4, 0.5) is 0 Å². The zero-order chi connectivity index (χ0) is 18.8. The van der Waals surface area contributed by atoms with Gasteiger partial charge in [-0.1, -0.05) is 41.4 Å². The van der Waals surface area contributed by atoms with Gasteiger partial charge in [0.25, 0.3) is 11.8 Å². The predicted molar refractivity (Wildman–Crippen MR) is 102 cm³/mol. The Morgan fingerprint density at radius 1 is 0.923 bits per heavy atom. The number of carbonyl (C=O) groups is 2. The molecule has 1 aliphatic rings. The summed E-state index contributed by atoms with van der Waals surface area (Å²) in [5.74, 6) is -0.226. The van der Waals surface area contributed by atoms with Crippen LogP contribution in [-0.4, -0.2) is 29.9 Å². The van der Waals surface area contributed by atoms with E-state index in [0.29, 0.717) is 16.3 Å². The summed E-state index contributed by atoms with van der Waals surface area (Å²) < 4.78 is 5.69. The number of carbonyl (C=O) groups excluding carboxylic acids is 2. The number of nitrogens with zero attached hydrogens (tertiary/aromatic N) is 1. The average molecular weight is 390 g/mol. The summed E-state index contributed by atoms with van der Waals surface area (Å²) in [4.78, 5) is 26.1. The van der Waals surface area contributed by atoms with Gasteiger partial charge in [-0.25, -0.2) is 0 Å². The Morgan fingerprint density at radius 3 is 2.15 bits per heavy atom. The Morgan fingerprint density at radius 2 is 1.54 bits per heavy atom. The molecule has 0 N–H and O–H groups in total. The highest BCUT2D eigenvalue weighted by molar-refractivity contribution is 6.55. The summed E-state index contributed by atoms with van der Waals surface area (Å²) >= 11 is 12.0. The van der Waals surface area contributed by atoms with E-state index in [1.807, 2.05) is 32.0 Å². The first-order valence-corrected chi connectivity index (χ1v) is 8.85. The van der Waals surface area contributed by atoms with Gasteiger partial charge in [0, 0.05) is 5.02 Å². The SMILES string of the molecule is Cc1cc(C)cc(OCCN2C(=O)C(Cl)=C(c3ccc(Cl)cc3)C2=O)c1. The Labute approximate surface area is 162 Å². The van der Waals surface area contributed by atoms with E-state index >= 15 is 0 Å². The molecule has 1 aliphatic heterocycles. The fraction of sp³-hybridized carbons (Fsp3) is 0.200. The Kier molecular flexibility index (Phi) is 5.35. The van der Waals surface area contributed by atoms with E-state index < -0.39 is 11.8 Å². The number of hydrogen-bond donors (Lipinski definition) is 0. The summed E-state index contributed by atoms with van der Waals surface area (Å²) in [7, 11) is 0. The molecule has 1 heterocycles. The van der Waals surface area contributed by atoms with E-state index in [1.165, 1.54) is 0 Å². The smallest absolute Gasteiger partial charge is 0.273 e. The Balaban J connectivity index is 1.69. The summed E-state index contributed by atoms with van der Waals surface area (Å²) in [5.41, 5.74) is 2.93. The van der Waals surface area contributed by atoms with Crippen LogP contribution in [0.5, 0.6) is 5.75 Å². The molecular weight excluding hydrogens is 373 g/mol. The molecule has 2 aromatic carbocycles. The normalized spacial score (nSPS) is 14.4. The highest BCUT2D eigenvalue weighted by Crippen LogP contribution is 2.32. The molecule has 6 heteroatoms. The van der Waals surface area contributed by atoms with Gasteiger partial charge in [-0.2, -0.15) is 0 Å². The van der Waals surface area contributed by atoms with E-state index in [0.717, 1.165) is 16.0 Å². The highest BCUT2D eigenvalue weighted by atomic mass is 35.5. The molecule has 3 rings (SSSR count). The number of halogens is 2. The van der Waals surface area contributed by atoms with Gasteiger partial charge in [0.15, 0.2) is 0 Å². The molecular formula is C20H17Cl2NO3. The van der Waals surface area contributed by atoms with Crippen LogP contribution in [0.1, 0.15) is 16.7 Å². The van der Waals surface area contributed by atoms with Gasteiger partial charge in [0.1, 0.15) is 17.4 Å². The first-order valence-electron chi connectivity index (χ1n) is 8.10. The zero-order valence-corrected chi connectivity index (χ0v) is 15.9. The van der Waals surface area contributed by atoms with E-state index in [-0.39, 0.29) is 23.8 Å². The van der Waals surface area contributed by atoms with Crippen molar-refractivity contribution in [3.05, 3.63) is 69.2 Å². The quantitative estimate of drug-likeness (QED) is 0.713. The number of ether oxygens (including phenoxy) is 1. The van der Waals surface area contributed by atoms with Crippen molar-refractivity contribution in [1.82, 2.24) is 4.90 Å². The zero-order valence-electron chi connectivity index (χ0n) is 14.4. The lowest BCUT2D eigenvalue weighted by atomic mass is 10.1.